The molecule has 2 heteroatoms. The fourth-order valence-electron chi connectivity index (χ4n) is 2.70. The van der Waals surface area contributed by atoms with Gasteiger partial charge in [-0.15, -0.1) is 0 Å². The van der Waals surface area contributed by atoms with Crippen molar-refractivity contribution in [3.63, 3.8) is 0 Å². The highest BCUT2D eigenvalue weighted by molar-refractivity contribution is 5.30. The molecule has 0 unspecified atom stereocenters. The Kier molecular flexibility index (Phi) is 3.65. The zero-order valence-electron chi connectivity index (χ0n) is 9.02. The molecule has 0 fully saturated rings. The molecule has 0 aromatic carbocycles. The summed E-state index contributed by atoms with van der Waals surface area (Å²) in [5, 5.41) is 0. The van der Waals surface area contributed by atoms with Crippen LogP contribution in [0.3, 0.4) is 0 Å². The van der Waals surface area contributed by atoms with Crippen LogP contribution in [0.5, 0.6) is 0 Å². The number of hydrogen-bond donors (Lipinski definition) is 0. The van der Waals surface area contributed by atoms with Gasteiger partial charge >= 0.3 is 11.5 Å². The summed E-state index contributed by atoms with van der Waals surface area (Å²) in [4.78, 5) is 0. The third kappa shape index (κ3) is 2.19. The van der Waals surface area contributed by atoms with E-state index >= 15 is 0 Å². The van der Waals surface area contributed by atoms with Crippen LogP contribution in [0.25, 0.3) is 0 Å². The van der Waals surface area contributed by atoms with Gasteiger partial charge in [0.1, 0.15) is 0 Å². The van der Waals surface area contributed by atoms with Gasteiger partial charge < -0.3 is 24.0 Å². The molecule has 0 radical (unpaired) electrons. The Hall–Kier alpha value is -0.120. The van der Waals surface area contributed by atoms with Crippen molar-refractivity contribution in [2.75, 3.05) is 0 Å². The normalized spacial score (nSPS) is 18.7. The van der Waals surface area contributed by atoms with Crippen molar-refractivity contribution in [1.29, 1.82) is 0 Å². The van der Waals surface area contributed by atoms with Gasteiger partial charge in [-0.3, -0.25) is 0 Å². The van der Waals surface area contributed by atoms with E-state index < -0.39 is 0 Å². The lowest BCUT2D eigenvalue weighted by molar-refractivity contribution is -0.00000349. The van der Waals surface area contributed by atoms with E-state index in [0.29, 0.717) is 0 Å². The van der Waals surface area contributed by atoms with E-state index in [9.17, 15) is 0 Å². The van der Waals surface area contributed by atoms with Gasteiger partial charge in [0.05, 0.1) is 24.0 Å². The molecular weight excluding hydrogens is 299 g/mol. The third-order valence-electron chi connectivity index (χ3n) is 3.51. The summed E-state index contributed by atoms with van der Waals surface area (Å²) in [5.41, 5.74) is 2.99. The Labute approximate surface area is 108 Å². The SMILES string of the molecule is [I-].c1c2c([o+]c3c1CCCC3)CCCC2. The van der Waals surface area contributed by atoms with E-state index in [1.165, 1.54) is 74.0 Å². The van der Waals surface area contributed by atoms with Crippen molar-refractivity contribution in [1.82, 2.24) is 0 Å². The first-order valence-electron chi connectivity index (χ1n) is 5.90. The van der Waals surface area contributed by atoms with Crippen LogP contribution in [0.2, 0.25) is 0 Å². The lowest BCUT2D eigenvalue weighted by Crippen LogP contribution is -3.00. The molecule has 0 bridgehead atoms. The quantitative estimate of drug-likeness (QED) is 0.496. The van der Waals surface area contributed by atoms with E-state index in [-0.39, 0.29) is 24.0 Å². The lowest BCUT2D eigenvalue weighted by Gasteiger charge is -2.12. The van der Waals surface area contributed by atoms with Crippen LogP contribution in [0.15, 0.2) is 10.5 Å². The van der Waals surface area contributed by atoms with Gasteiger partial charge in [-0.25, -0.2) is 4.42 Å². The van der Waals surface area contributed by atoms with Gasteiger partial charge in [0.15, 0.2) is 0 Å². The van der Waals surface area contributed by atoms with Gasteiger partial charge in [0.2, 0.25) is 0 Å². The van der Waals surface area contributed by atoms with Crippen LogP contribution in [-0.4, -0.2) is 0 Å². The minimum absolute atomic E-state index is 0. The van der Waals surface area contributed by atoms with Gasteiger partial charge in [-0.05, 0) is 44.6 Å². The Bertz CT molecular complexity index is 294. The smallest absolute Gasteiger partial charge is 0.332 e. The highest BCUT2D eigenvalue weighted by atomic mass is 127. The first-order chi connectivity index (χ1) is 6.93. The second-order valence-electron chi connectivity index (χ2n) is 4.56. The van der Waals surface area contributed by atoms with Crippen molar-refractivity contribution in [3.05, 3.63) is 28.7 Å². The summed E-state index contributed by atoms with van der Waals surface area (Å²) < 4.78 is 6.02. The van der Waals surface area contributed by atoms with E-state index in [0.717, 1.165) is 0 Å². The van der Waals surface area contributed by atoms with Crippen molar-refractivity contribution < 1.29 is 28.4 Å². The summed E-state index contributed by atoms with van der Waals surface area (Å²) in [6.45, 7) is 0. The molecule has 0 amide bonds. The topological polar surface area (TPSA) is 11.3 Å². The Morgan fingerprint density at radius 2 is 1.20 bits per heavy atom. The fourth-order valence-corrected chi connectivity index (χ4v) is 2.70. The first-order valence-corrected chi connectivity index (χ1v) is 5.90. The highest BCUT2D eigenvalue weighted by Gasteiger charge is 2.27. The van der Waals surface area contributed by atoms with E-state index in [1.54, 1.807) is 0 Å². The predicted octanol–water partition coefficient (Wildman–Crippen LogP) is 0.322. The molecule has 1 aromatic rings. The summed E-state index contributed by atoms with van der Waals surface area (Å²) in [5.74, 6) is 2.58. The molecule has 1 nitrogen and oxygen atoms in total. The summed E-state index contributed by atoms with van der Waals surface area (Å²) in [6.07, 6.45) is 10.1. The Balaban J connectivity index is 0.000000853. The fraction of sp³-hybridized carbons (Fsp3) is 0.615. The van der Waals surface area contributed by atoms with Crippen LogP contribution in [0.4, 0.5) is 0 Å². The number of hydrogen-bond acceptors (Lipinski definition) is 0. The van der Waals surface area contributed by atoms with Crippen LogP contribution in [0, 0.1) is 0 Å². The molecule has 1 heterocycles. The third-order valence-corrected chi connectivity index (χ3v) is 3.51. The van der Waals surface area contributed by atoms with Crippen LogP contribution >= 0.6 is 0 Å². The number of halogens is 1. The molecule has 15 heavy (non-hydrogen) atoms. The summed E-state index contributed by atoms with van der Waals surface area (Å²) >= 11 is 0. The van der Waals surface area contributed by atoms with Crippen LogP contribution in [0.1, 0.15) is 48.3 Å². The molecule has 0 N–H and O–H groups in total. The highest BCUT2D eigenvalue weighted by Crippen LogP contribution is 2.29. The maximum Gasteiger partial charge on any atom is 0.332 e. The minimum Gasteiger partial charge on any atom is -1.00 e. The molecule has 0 saturated heterocycles. The first kappa shape index (κ1) is 11.4. The maximum absolute atomic E-state index is 6.02. The number of aryl methyl sites for hydroxylation is 4. The molecule has 0 atom stereocenters. The van der Waals surface area contributed by atoms with Crippen molar-refractivity contribution in [2.45, 2.75) is 51.4 Å². The average Bonchev–Trinajstić information content (AvgIpc) is 2.26. The zero-order valence-corrected chi connectivity index (χ0v) is 11.2. The van der Waals surface area contributed by atoms with Gasteiger partial charge in [0, 0.05) is 0 Å². The molecule has 2 aliphatic rings. The van der Waals surface area contributed by atoms with Crippen LogP contribution < -0.4 is 24.0 Å². The average molecular weight is 316 g/mol. The standard InChI is InChI=1S/C13H17O.HI/c1-3-7-12-10(5-1)9-11-6-2-4-8-13(11)14-12;/h9H,1-8H2;1H/q+1;/p-1. The van der Waals surface area contributed by atoms with E-state index in [4.69, 9.17) is 4.42 Å². The van der Waals surface area contributed by atoms with Gasteiger partial charge in [0.25, 0.3) is 0 Å². The summed E-state index contributed by atoms with van der Waals surface area (Å²) in [6, 6.07) is 2.42. The summed E-state index contributed by atoms with van der Waals surface area (Å²) in [7, 11) is 0. The van der Waals surface area contributed by atoms with Gasteiger partial charge in [-0.2, -0.15) is 0 Å². The maximum atomic E-state index is 6.02. The number of fused-ring (bicyclic) bond motifs is 2. The van der Waals surface area contributed by atoms with Crippen molar-refractivity contribution in [3.8, 4) is 0 Å². The molecule has 82 valence electrons. The second-order valence-corrected chi connectivity index (χ2v) is 4.56. The zero-order chi connectivity index (χ0) is 9.38. The molecule has 0 saturated carbocycles. The largest absolute Gasteiger partial charge is 1.00 e. The molecule has 2 aliphatic carbocycles. The molecule has 0 spiro atoms. The Morgan fingerprint density at radius 3 is 1.73 bits per heavy atom. The molecule has 1 aromatic heterocycles. The van der Waals surface area contributed by atoms with Crippen molar-refractivity contribution >= 4 is 0 Å². The van der Waals surface area contributed by atoms with E-state index in [1.807, 2.05) is 0 Å². The van der Waals surface area contributed by atoms with Crippen LogP contribution in [-0.2, 0) is 25.7 Å². The number of rotatable bonds is 0. The molecule has 0 aliphatic heterocycles. The minimum atomic E-state index is 0. The monoisotopic (exact) mass is 316 g/mol. The van der Waals surface area contributed by atoms with Crippen molar-refractivity contribution in [2.24, 2.45) is 0 Å². The molecule has 3 rings (SSSR count). The Morgan fingerprint density at radius 1 is 0.733 bits per heavy atom. The molecular formula is C13H17IO. The lowest BCUT2D eigenvalue weighted by atomic mass is 9.91. The van der Waals surface area contributed by atoms with Gasteiger partial charge in [-0.1, -0.05) is 0 Å². The van der Waals surface area contributed by atoms with E-state index in [2.05, 4.69) is 6.07 Å². The second kappa shape index (κ2) is 4.81. The predicted molar refractivity (Wildman–Crippen MR) is 56.4 cm³/mol.